The second-order valence-electron chi connectivity index (χ2n) is 3.75. The van der Waals surface area contributed by atoms with Crippen molar-refractivity contribution in [2.45, 2.75) is 31.8 Å². The number of hydrogen-bond acceptors (Lipinski definition) is 3. The summed E-state index contributed by atoms with van der Waals surface area (Å²) < 4.78 is 1.86. The molecule has 0 atom stereocenters. The fourth-order valence-electron chi connectivity index (χ4n) is 1.93. The molecule has 1 aliphatic heterocycles. The molecule has 0 amide bonds. The molecular weight excluding hydrogens is 164 g/mol. The molecule has 1 fully saturated rings. The molecule has 4 nitrogen and oxygen atoms in total. The van der Waals surface area contributed by atoms with Gasteiger partial charge in [-0.05, 0) is 19.8 Å². The van der Waals surface area contributed by atoms with Gasteiger partial charge >= 0.3 is 0 Å². The van der Waals surface area contributed by atoms with Crippen LogP contribution in [0.15, 0.2) is 4.99 Å². The standard InChI is InChI=1S/C9H12N4/c1-2-13-8(10)6-5-11-9(3-4-9)7(6)12-13/h5H,2-4,10H2,1H3. The lowest BCUT2D eigenvalue weighted by Crippen LogP contribution is -2.05. The number of fused-ring (bicyclic) bond motifs is 2. The average molecular weight is 176 g/mol. The summed E-state index contributed by atoms with van der Waals surface area (Å²) in [6.07, 6.45) is 4.16. The summed E-state index contributed by atoms with van der Waals surface area (Å²) in [4.78, 5) is 4.46. The first kappa shape index (κ1) is 7.12. The second-order valence-corrected chi connectivity index (χ2v) is 3.75. The number of hydrogen-bond donors (Lipinski definition) is 1. The van der Waals surface area contributed by atoms with Crippen LogP contribution in [0.1, 0.15) is 31.0 Å². The number of aryl methyl sites for hydroxylation is 1. The van der Waals surface area contributed by atoms with E-state index >= 15 is 0 Å². The first-order valence-electron chi connectivity index (χ1n) is 4.69. The molecular formula is C9H12N4. The Bertz CT molecular complexity index is 398. The van der Waals surface area contributed by atoms with E-state index in [1.165, 1.54) is 0 Å². The highest BCUT2D eigenvalue weighted by Crippen LogP contribution is 2.53. The van der Waals surface area contributed by atoms with Gasteiger partial charge in [0.05, 0.1) is 5.56 Å². The van der Waals surface area contributed by atoms with Crippen molar-refractivity contribution in [1.29, 1.82) is 0 Å². The maximum Gasteiger partial charge on any atom is 0.130 e. The van der Waals surface area contributed by atoms with Crippen LogP contribution in [0.4, 0.5) is 5.82 Å². The SMILES string of the molecule is CCn1nc2c(c1N)C=NC21CC1. The van der Waals surface area contributed by atoms with Gasteiger partial charge in [-0.25, -0.2) is 4.68 Å². The second kappa shape index (κ2) is 1.95. The van der Waals surface area contributed by atoms with Crippen LogP contribution in [0.3, 0.4) is 0 Å². The first-order valence-corrected chi connectivity index (χ1v) is 4.69. The fraction of sp³-hybridized carbons (Fsp3) is 0.556. The third kappa shape index (κ3) is 0.709. The number of aromatic nitrogens is 2. The normalized spacial score (nSPS) is 21.0. The summed E-state index contributed by atoms with van der Waals surface area (Å²) in [6.45, 7) is 2.89. The van der Waals surface area contributed by atoms with Crippen LogP contribution in [-0.4, -0.2) is 16.0 Å². The van der Waals surface area contributed by atoms with Gasteiger partial charge in [0.25, 0.3) is 0 Å². The van der Waals surface area contributed by atoms with Gasteiger partial charge in [0, 0.05) is 12.8 Å². The van der Waals surface area contributed by atoms with Crippen molar-refractivity contribution in [2.75, 3.05) is 5.73 Å². The number of anilines is 1. The number of rotatable bonds is 1. The third-order valence-electron chi connectivity index (χ3n) is 2.93. The van der Waals surface area contributed by atoms with E-state index in [0.29, 0.717) is 0 Å². The van der Waals surface area contributed by atoms with Gasteiger partial charge in [0.15, 0.2) is 0 Å². The quantitative estimate of drug-likeness (QED) is 0.691. The lowest BCUT2D eigenvalue weighted by Gasteiger charge is -2.00. The summed E-state index contributed by atoms with van der Waals surface area (Å²) in [6, 6.07) is 0. The fourth-order valence-corrected chi connectivity index (χ4v) is 1.93. The van der Waals surface area contributed by atoms with Crippen LogP contribution < -0.4 is 5.73 Å². The van der Waals surface area contributed by atoms with Crippen molar-refractivity contribution in [3.8, 4) is 0 Å². The van der Waals surface area contributed by atoms with E-state index in [4.69, 9.17) is 5.73 Å². The molecule has 1 saturated carbocycles. The van der Waals surface area contributed by atoms with Gasteiger partial charge in [-0.15, -0.1) is 0 Å². The van der Waals surface area contributed by atoms with Crippen LogP contribution in [0.5, 0.6) is 0 Å². The van der Waals surface area contributed by atoms with Crippen LogP contribution >= 0.6 is 0 Å². The maximum absolute atomic E-state index is 5.92. The Morgan fingerprint density at radius 1 is 1.62 bits per heavy atom. The average Bonchev–Trinajstić information content (AvgIpc) is 2.71. The predicted molar refractivity (Wildman–Crippen MR) is 50.8 cm³/mol. The molecule has 1 aliphatic carbocycles. The molecule has 1 aromatic heterocycles. The topological polar surface area (TPSA) is 56.2 Å². The molecule has 2 heterocycles. The lowest BCUT2D eigenvalue weighted by molar-refractivity contribution is 0.623. The molecule has 2 aliphatic rings. The minimum Gasteiger partial charge on any atom is -0.383 e. The summed E-state index contributed by atoms with van der Waals surface area (Å²) >= 11 is 0. The van der Waals surface area contributed by atoms with E-state index in [2.05, 4.69) is 17.0 Å². The zero-order valence-corrected chi connectivity index (χ0v) is 7.62. The summed E-state index contributed by atoms with van der Waals surface area (Å²) in [5.74, 6) is 0.769. The molecule has 4 heteroatoms. The Labute approximate surface area is 76.5 Å². The van der Waals surface area contributed by atoms with Crippen LogP contribution in [-0.2, 0) is 12.1 Å². The number of nitrogen functional groups attached to an aromatic ring is 1. The number of aliphatic imine (C=N–C) groups is 1. The Morgan fingerprint density at radius 3 is 3.00 bits per heavy atom. The smallest absolute Gasteiger partial charge is 0.130 e. The zero-order chi connectivity index (χ0) is 9.05. The van der Waals surface area contributed by atoms with Crippen molar-refractivity contribution >= 4 is 12.0 Å². The van der Waals surface area contributed by atoms with Gasteiger partial charge in [-0.2, -0.15) is 5.10 Å². The Balaban J connectivity index is 2.21. The largest absolute Gasteiger partial charge is 0.383 e. The summed E-state index contributed by atoms with van der Waals surface area (Å²) in [5, 5.41) is 4.49. The summed E-state index contributed by atoms with van der Waals surface area (Å²) in [7, 11) is 0. The Hall–Kier alpha value is -1.32. The summed E-state index contributed by atoms with van der Waals surface area (Å²) in [5.41, 5.74) is 8.13. The van der Waals surface area contributed by atoms with E-state index in [-0.39, 0.29) is 5.54 Å². The molecule has 0 saturated heterocycles. The molecule has 1 spiro atoms. The van der Waals surface area contributed by atoms with E-state index in [0.717, 1.165) is 36.5 Å². The van der Waals surface area contributed by atoms with Crippen molar-refractivity contribution in [2.24, 2.45) is 4.99 Å². The molecule has 1 aromatic rings. The minimum atomic E-state index is 0.0455. The van der Waals surface area contributed by atoms with Crippen LogP contribution in [0.2, 0.25) is 0 Å². The molecule has 3 rings (SSSR count). The minimum absolute atomic E-state index is 0.0455. The van der Waals surface area contributed by atoms with E-state index in [1.807, 2.05) is 10.9 Å². The van der Waals surface area contributed by atoms with Crippen LogP contribution in [0.25, 0.3) is 0 Å². The molecule has 0 unspecified atom stereocenters. The van der Waals surface area contributed by atoms with Gasteiger partial charge in [-0.1, -0.05) is 0 Å². The van der Waals surface area contributed by atoms with Crippen molar-refractivity contribution in [3.63, 3.8) is 0 Å². The monoisotopic (exact) mass is 176 g/mol. The number of nitrogens with zero attached hydrogens (tertiary/aromatic N) is 3. The first-order chi connectivity index (χ1) is 6.27. The molecule has 2 N–H and O–H groups in total. The maximum atomic E-state index is 5.92. The van der Waals surface area contributed by atoms with E-state index < -0.39 is 0 Å². The zero-order valence-electron chi connectivity index (χ0n) is 7.62. The molecule has 13 heavy (non-hydrogen) atoms. The molecule has 0 aromatic carbocycles. The van der Waals surface area contributed by atoms with Crippen molar-refractivity contribution < 1.29 is 0 Å². The third-order valence-corrected chi connectivity index (χ3v) is 2.93. The van der Waals surface area contributed by atoms with Gasteiger partial charge in [-0.3, -0.25) is 4.99 Å². The number of nitrogens with two attached hydrogens (primary N) is 1. The van der Waals surface area contributed by atoms with Crippen molar-refractivity contribution in [1.82, 2.24) is 9.78 Å². The van der Waals surface area contributed by atoms with E-state index in [1.54, 1.807) is 0 Å². The molecule has 0 radical (unpaired) electrons. The lowest BCUT2D eigenvalue weighted by atomic mass is 10.1. The highest BCUT2D eigenvalue weighted by Gasteiger charge is 2.50. The Kier molecular flexibility index (Phi) is 1.07. The Morgan fingerprint density at radius 2 is 2.38 bits per heavy atom. The van der Waals surface area contributed by atoms with E-state index in [9.17, 15) is 0 Å². The van der Waals surface area contributed by atoms with Gasteiger partial charge < -0.3 is 5.73 Å². The highest BCUT2D eigenvalue weighted by atomic mass is 15.3. The van der Waals surface area contributed by atoms with Gasteiger partial charge in [0.1, 0.15) is 17.1 Å². The van der Waals surface area contributed by atoms with Crippen molar-refractivity contribution in [3.05, 3.63) is 11.3 Å². The highest BCUT2D eigenvalue weighted by molar-refractivity contribution is 5.91. The van der Waals surface area contributed by atoms with Crippen LogP contribution in [0, 0.1) is 0 Å². The molecule has 0 bridgehead atoms. The van der Waals surface area contributed by atoms with Gasteiger partial charge in [0.2, 0.25) is 0 Å². The molecule has 68 valence electrons. The predicted octanol–water partition coefficient (Wildman–Crippen LogP) is 0.907.